The Balaban J connectivity index is 3.07. The normalized spacial score (nSPS) is 11.7. The van der Waals surface area contributed by atoms with Crippen molar-refractivity contribution in [2.75, 3.05) is 0 Å². The Hall–Kier alpha value is -1.53. The number of carboxylic acids is 1. The van der Waals surface area contributed by atoms with Crippen LogP contribution in [0.15, 0.2) is 24.3 Å². The Morgan fingerprint density at radius 1 is 1.62 bits per heavy atom. The molecule has 1 N–H and O–H groups in total. The Morgan fingerprint density at radius 3 is 2.77 bits per heavy atom. The summed E-state index contributed by atoms with van der Waals surface area (Å²) in [6.07, 6.45) is 0. The topological polar surface area (TPSA) is 61.1 Å². The van der Waals surface area contributed by atoms with E-state index >= 15 is 0 Å². The van der Waals surface area contributed by atoms with Crippen LogP contribution in [0.3, 0.4) is 0 Å². The average Bonchev–Trinajstić information content (AvgIpc) is 2.04. The van der Waals surface area contributed by atoms with Gasteiger partial charge in [0.15, 0.2) is 5.92 Å². The highest BCUT2D eigenvalue weighted by Gasteiger charge is 2.18. The minimum absolute atomic E-state index is 0.405. The first-order chi connectivity index (χ1) is 6.15. The van der Waals surface area contributed by atoms with Gasteiger partial charge in [-0.3, -0.25) is 4.79 Å². The van der Waals surface area contributed by atoms with E-state index in [2.05, 4.69) is 0 Å². The summed E-state index contributed by atoms with van der Waals surface area (Å²) < 4.78 is 0. The van der Waals surface area contributed by atoms with Gasteiger partial charge in [-0.05, 0) is 17.7 Å². The van der Waals surface area contributed by atoms with Gasteiger partial charge < -0.3 is 5.11 Å². The number of nitrogens with zero attached hydrogens (tertiary/aromatic N) is 1. The van der Waals surface area contributed by atoms with Crippen molar-refractivity contribution in [2.24, 2.45) is 0 Å². The van der Waals surface area contributed by atoms with Gasteiger partial charge >= 0.3 is 5.97 Å². The third kappa shape index (κ3) is 2.20. The Kier molecular flexibility index (Phi) is 2.88. The molecule has 66 valence electrons. The van der Waals surface area contributed by atoms with Gasteiger partial charge in [0.25, 0.3) is 0 Å². The van der Waals surface area contributed by atoms with Crippen molar-refractivity contribution in [3.05, 3.63) is 34.9 Å². The Bertz CT molecular complexity index is 370. The quantitative estimate of drug-likeness (QED) is 0.786. The number of halogens is 1. The summed E-state index contributed by atoms with van der Waals surface area (Å²) in [6, 6.07) is 7.97. The molecule has 1 rings (SSSR count). The summed E-state index contributed by atoms with van der Waals surface area (Å²) >= 11 is 5.65. The zero-order valence-electron chi connectivity index (χ0n) is 6.57. The lowest BCUT2D eigenvalue weighted by Gasteiger charge is -2.03. The lowest BCUT2D eigenvalue weighted by atomic mass is 10.0. The second-order valence-electron chi connectivity index (χ2n) is 2.46. The Labute approximate surface area is 80.2 Å². The van der Waals surface area contributed by atoms with Crippen LogP contribution in [0.25, 0.3) is 0 Å². The van der Waals surface area contributed by atoms with Gasteiger partial charge in [0.1, 0.15) is 0 Å². The maximum Gasteiger partial charge on any atom is 0.325 e. The van der Waals surface area contributed by atoms with Gasteiger partial charge in [-0.15, -0.1) is 0 Å². The molecule has 0 aliphatic rings. The first-order valence-corrected chi connectivity index (χ1v) is 3.91. The van der Waals surface area contributed by atoms with E-state index in [0.29, 0.717) is 10.6 Å². The van der Waals surface area contributed by atoms with Gasteiger partial charge in [0.05, 0.1) is 6.07 Å². The van der Waals surface area contributed by atoms with Crippen molar-refractivity contribution < 1.29 is 9.90 Å². The lowest BCUT2D eigenvalue weighted by molar-refractivity contribution is -0.137. The largest absolute Gasteiger partial charge is 0.480 e. The molecule has 0 aliphatic carbocycles. The zero-order valence-corrected chi connectivity index (χ0v) is 7.32. The van der Waals surface area contributed by atoms with Crippen LogP contribution in [0, 0.1) is 11.3 Å². The molecule has 0 bridgehead atoms. The van der Waals surface area contributed by atoms with Gasteiger partial charge in [-0.1, -0.05) is 23.7 Å². The van der Waals surface area contributed by atoms with Crippen LogP contribution in [-0.2, 0) is 4.79 Å². The van der Waals surface area contributed by atoms with Gasteiger partial charge in [-0.2, -0.15) is 5.26 Å². The molecule has 1 atom stereocenters. The van der Waals surface area contributed by atoms with Crippen LogP contribution in [0.2, 0.25) is 5.02 Å². The molecule has 1 aromatic rings. The molecule has 0 aromatic heterocycles. The maximum atomic E-state index is 10.6. The highest BCUT2D eigenvalue weighted by atomic mass is 35.5. The van der Waals surface area contributed by atoms with E-state index in [4.69, 9.17) is 22.0 Å². The molecule has 0 saturated carbocycles. The van der Waals surface area contributed by atoms with Crippen molar-refractivity contribution in [1.29, 1.82) is 5.26 Å². The highest BCUT2D eigenvalue weighted by Crippen LogP contribution is 2.19. The van der Waals surface area contributed by atoms with Crippen LogP contribution in [0.5, 0.6) is 0 Å². The number of carbonyl (C=O) groups is 1. The fourth-order valence-electron chi connectivity index (χ4n) is 0.958. The summed E-state index contributed by atoms with van der Waals surface area (Å²) in [5.41, 5.74) is 0.405. The van der Waals surface area contributed by atoms with Crippen LogP contribution < -0.4 is 0 Å². The summed E-state index contributed by atoms with van der Waals surface area (Å²) in [5.74, 6) is -2.30. The van der Waals surface area contributed by atoms with Gasteiger partial charge in [0, 0.05) is 5.02 Å². The van der Waals surface area contributed by atoms with E-state index in [1.54, 1.807) is 24.3 Å². The van der Waals surface area contributed by atoms with Crippen molar-refractivity contribution >= 4 is 17.6 Å². The summed E-state index contributed by atoms with van der Waals surface area (Å²) in [4.78, 5) is 10.6. The molecular weight excluding hydrogens is 190 g/mol. The van der Waals surface area contributed by atoms with Crippen molar-refractivity contribution in [1.82, 2.24) is 0 Å². The van der Waals surface area contributed by atoms with Crippen molar-refractivity contribution in [2.45, 2.75) is 5.92 Å². The molecule has 0 heterocycles. The number of nitriles is 1. The monoisotopic (exact) mass is 195 g/mol. The molecule has 4 heteroatoms. The van der Waals surface area contributed by atoms with Crippen LogP contribution in [0.1, 0.15) is 11.5 Å². The number of hydrogen-bond acceptors (Lipinski definition) is 2. The molecular formula is C9H6ClNO2. The second kappa shape index (κ2) is 3.92. The fraction of sp³-hybridized carbons (Fsp3) is 0.111. The van der Waals surface area contributed by atoms with E-state index < -0.39 is 11.9 Å². The molecule has 3 nitrogen and oxygen atoms in total. The van der Waals surface area contributed by atoms with E-state index in [9.17, 15) is 4.79 Å². The predicted octanol–water partition coefficient (Wildman–Crippen LogP) is 2.03. The molecule has 13 heavy (non-hydrogen) atoms. The van der Waals surface area contributed by atoms with Gasteiger partial charge in [-0.25, -0.2) is 0 Å². The third-order valence-corrected chi connectivity index (χ3v) is 1.79. The number of carboxylic acid groups (broad SMARTS) is 1. The fourth-order valence-corrected chi connectivity index (χ4v) is 1.16. The second-order valence-corrected chi connectivity index (χ2v) is 2.89. The zero-order chi connectivity index (χ0) is 9.84. The Morgan fingerprint density at radius 2 is 2.31 bits per heavy atom. The molecule has 0 aliphatic heterocycles. The van der Waals surface area contributed by atoms with Crippen molar-refractivity contribution in [3.8, 4) is 6.07 Å². The molecule has 0 fully saturated rings. The minimum atomic E-state index is -1.16. The number of hydrogen-bond donors (Lipinski definition) is 1. The van der Waals surface area contributed by atoms with E-state index in [0.717, 1.165) is 0 Å². The molecule has 1 unspecified atom stereocenters. The van der Waals surface area contributed by atoms with Crippen LogP contribution in [0.4, 0.5) is 0 Å². The lowest BCUT2D eigenvalue weighted by Crippen LogP contribution is -2.08. The van der Waals surface area contributed by atoms with Crippen LogP contribution in [-0.4, -0.2) is 11.1 Å². The van der Waals surface area contributed by atoms with E-state index in [1.807, 2.05) is 0 Å². The average molecular weight is 196 g/mol. The minimum Gasteiger partial charge on any atom is -0.480 e. The van der Waals surface area contributed by atoms with Crippen LogP contribution >= 0.6 is 11.6 Å². The standard InChI is InChI=1S/C9H6ClNO2/c10-7-3-1-2-6(4-7)8(5-11)9(12)13/h1-4,8H,(H,12,13). The number of benzene rings is 1. The third-order valence-electron chi connectivity index (χ3n) is 1.56. The molecule has 0 spiro atoms. The summed E-state index contributed by atoms with van der Waals surface area (Å²) in [5, 5.41) is 17.6. The first kappa shape index (κ1) is 9.56. The molecule has 0 amide bonds. The van der Waals surface area contributed by atoms with E-state index in [1.165, 1.54) is 6.07 Å². The first-order valence-electron chi connectivity index (χ1n) is 3.53. The number of aliphatic carboxylic acids is 1. The summed E-state index contributed by atoms with van der Waals surface area (Å²) in [6.45, 7) is 0. The highest BCUT2D eigenvalue weighted by molar-refractivity contribution is 6.30. The molecule has 0 saturated heterocycles. The molecule has 0 radical (unpaired) electrons. The van der Waals surface area contributed by atoms with E-state index in [-0.39, 0.29) is 0 Å². The van der Waals surface area contributed by atoms with Gasteiger partial charge in [0.2, 0.25) is 0 Å². The van der Waals surface area contributed by atoms with Crippen molar-refractivity contribution in [3.63, 3.8) is 0 Å². The molecule has 1 aromatic carbocycles. The maximum absolute atomic E-state index is 10.6. The predicted molar refractivity (Wildman–Crippen MR) is 47.4 cm³/mol. The number of rotatable bonds is 2. The summed E-state index contributed by atoms with van der Waals surface area (Å²) in [7, 11) is 0. The SMILES string of the molecule is N#CC(C(=O)O)c1cccc(Cl)c1. The smallest absolute Gasteiger partial charge is 0.325 e.